The highest BCUT2D eigenvalue weighted by atomic mass is 19.4. The number of halogens is 5. The molecule has 112 valence electrons. The molecule has 7 heteroatoms. The molecule has 0 atom stereocenters. The van der Waals surface area contributed by atoms with Crippen LogP contribution in [0.15, 0.2) is 0 Å². The van der Waals surface area contributed by atoms with Gasteiger partial charge < -0.3 is 5.32 Å². The van der Waals surface area contributed by atoms with Crippen molar-refractivity contribution in [2.24, 2.45) is 5.92 Å². The predicted molar refractivity (Wildman–Crippen MR) is 59.8 cm³/mol. The van der Waals surface area contributed by atoms with Gasteiger partial charge in [-0.3, -0.25) is 4.79 Å². The van der Waals surface area contributed by atoms with Crippen LogP contribution in [0.3, 0.4) is 0 Å². The fraction of sp³-hybridized carbons (Fsp3) is 0.917. The summed E-state index contributed by atoms with van der Waals surface area (Å²) >= 11 is 0. The Morgan fingerprint density at radius 1 is 1.11 bits per heavy atom. The average Bonchev–Trinajstić information content (AvgIpc) is 2.30. The summed E-state index contributed by atoms with van der Waals surface area (Å²) < 4.78 is 61.4. The van der Waals surface area contributed by atoms with Gasteiger partial charge in [0.1, 0.15) is 0 Å². The zero-order valence-corrected chi connectivity index (χ0v) is 10.7. The van der Waals surface area contributed by atoms with E-state index in [1.54, 1.807) is 0 Å². The molecule has 0 radical (unpaired) electrons. The highest BCUT2D eigenvalue weighted by Crippen LogP contribution is 2.36. The Morgan fingerprint density at radius 3 is 2.05 bits per heavy atom. The molecule has 1 aliphatic rings. The molecule has 0 saturated heterocycles. The van der Waals surface area contributed by atoms with Crippen LogP contribution in [-0.2, 0) is 4.79 Å². The van der Waals surface area contributed by atoms with Gasteiger partial charge in [0.05, 0.1) is 0 Å². The molecule has 1 saturated carbocycles. The van der Waals surface area contributed by atoms with Gasteiger partial charge in [0, 0.05) is 6.04 Å². The molecule has 1 N–H and O–H groups in total. The third kappa shape index (κ3) is 4.04. The monoisotopic (exact) mass is 287 g/mol. The lowest BCUT2D eigenvalue weighted by Crippen LogP contribution is -2.53. The van der Waals surface area contributed by atoms with Crippen LogP contribution in [0.25, 0.3) is 0 Å². The quantitative estimate of drug-likeness (QED) is 0.785. The molecule has 2 nitrogen and oxygen atoms in total. The first-order chi connectivity index (χ1) is 8.68. The van der Waals surface area contributed by atoms with Gasteiger partial charge in [-0.1, -0.05) is 19.8 Å². The number of hydrogen-bond acceptors (Lipinski definition) is 1. The van der Waals surface area contributed by atoms with Crippen molar-refractivity contribution >= 4 is 5.91 Å². The van der Waals surface area contributed by atoms with Gasteiger partial charge in [0.15, 0.2) is 0 Å². The number of amides is 1. The second-order valence-corrected chi connectivity index (χ2v) is 5.05. The Hall–Kier alpha value is -0.880. The van der Waals surface area contributed by atoms with Crippen LogP contribution in [0.2, 0.25) is 0 Å². The van der Waals surface area contributed by atoms with E-state index in [-0.39, 0.29) is 0 Å². The molecule has 0 aliphatic heterocycles. The second kappa shape index (κ2) is 6.05. The third-order valence-corrected chi connectivity index (χ3v) is 3.52. The van der Waals surface area contributed by atoms with Crippen molar-refractivity contribution < 1.29 is 26.7 Å². The van der Waals surface area contributed by atoms with Gasteiger partial charge in [0.25, 0.3) is 0 Å². The highest BCUT2D eigenvalue weighted by molar-refractivity contribution is 5.84. The summed E-state index contributed by atoms with van der Waals surface area (Å²) in [4.78, 5) is 11.0. The first-order valence-electron chi connectivity index (χ1n) is 6.44. The van der Waals surface area contributed by atoms with Gasteiger partial charge in [-0.25, -0.2) is 0 Å². The molecule has 0 aromatic heterocycles. The number of hydrogen-bond donors (Lipinski definition) is 1. The molecule has 0 bridgehead atoms. The predicted octanol–water partition coefficient (Wildman–Crippen LogP) is 3.66. The molecule has 1 amide bonds. The number of alkyl halides is 5. The highest BCUT2D eigenvalue weighted by Gasteiger charge is 2.63. The van der Waals surface area contributed by atoms with Crippen molar-refractivity contribution in [2.45, 2.75) is 63.6 Å². The minimum atomic E-state index is -5.84. The molecular formula is C12H18F5NO. The second-order valence-electron chi connectivity index (χ2n) is 5.05. The Balaban J connectivity index is 2.47. The van der Waals surface area contributed by atoms with Crippen molar-refractivity contribution in [2.75, 3.05) is 0 Å². The van der Waals surface area contributed by atoms with E-state index in [1.807, 2.05) is 12.2 Å². The summed E-state index contributed by atoms with van der Waals surface area (Å²) in [6.45, 7) is 2.04. The molecule has 19 heavy (non-hydrogen) atoms. The van der Waals surface area contributed by atoms with E-state index in [0.717, 1.165) is 25.7 Å². The van der Waals surface area contributed by atoms with Crippen LogP contribution in [0.5, 0.6) is 0 Å². The molecular weight excluding hydrogens is 269 g/mol. The zero-order chi connectivity index (χ0) is 14.7. The van der Waals surface area contributed by atoms with Crippen molar-refractivity contribution in [1.82, 2.24) is 5.32 Å². The molecule has 0 aromatic carbocycles. The lowest BCUT2D eigenvalue weighted by molar-refractivity contribution is -0.270. The lowest BCUT2D eigenvalue weighted by Gasteiger charge is -2.30. The minimum absolute atomic E-state index is 0.463. The SMILES string of the molecule is CCCC1CCC(NC(=O)C(F)(F)C(F)(F)F)CC1. The zero-order valence-electron chi connectivity index (χ0n) is 10.7. The molecule has 0 unspecified atom stereocenters. The van der Waals surface area contributed by atoms with Gasteiger partial charge in [-0.15, -0.1) is 0 Å². The topological polar surface area (TPSA) is 29.1 Å². The Labute approximate surface area is 108 Å². The van der Waals surface area contributed by atoms with E-state index in [4.69, 9.17) is 0 Å². The molecule has 1 fully saturated rings. The van der Waals surface area contributed by atoms with E-state index in [0.29, 0.717) is 18.8 Å². The minimum Gasteiger partial charge on any atom is -0.348 e. The van der Waals surface area contributed by atoms with E-state index in [1.165, 1.54) is 0 Å². The van der Waals surface area contributed by atoms with Gasteiger partial charge >= 0.3 is 18.0 Å². The molecule has 1 rings (SSSR count). The maximum absolute atomic E-state index is 12.7. The third-order valence-electron chi connectivity index (χ3n) is 3.52. The summed E-state index contributed by atoms with van der Waals surface area (Å²) in [6, 6.07) is -0.575. The van der Waals surface area contributed by atoms with Crippen LogP contribution in [0.4, 0.5) is 22.0 Å². The summed E-state index contributed by atoms with van der Waals surface area (Å²) in [5.74, 6) is -7.06. The van der Waals surface area contributed by atoms with Gasteiger partial charge in [-0.05, 0) is 31.6 Å². The smallest absolute Gasteiger partial charge is 0.348 e. The fourth-order valence-electron chi connectivity index (χ4n) is 2.41. The lowest BCUT2D eigenvalue weighted by atomic mass is 9.83. The summed E-state index contributed by atoms with van der Waals surface area (Å²) in [5.41, 5.74) is 0. The van der Waals surface area contributed by atoms with Crippen LogP contribution < -0.4 is 5.32 Å². The van der Waals surface area contributed by atoms with Crippen molar-refractivity contribution in [3.63, 3.8) is 0 Å². The number of carbonyl (C=O) groups excluding carboxylic acids is 1. The normalized spacial score (nSPS) is 25.2. The van der Waals surface area contributed by atoms with E-state index < -0.39 is 24.0 Å². The largest absolute Gasteiger partial charge is 0.463 e. The van der Waals surface area contributed by atoms with Crippen LogP contribution >= 0.6 is 0 Å². The van der Waals surface area contributed by atoms with Crippen LogP contribution in [0.1, 0.15) is 45.4 Å². The maximum atomic E-state index is 12.7. The Bertz CT molecular complexity index is 308. The van der Waals surface area contributed by atoms with Crippen molar-refractivity contribution in [3.05, 3.63) is 0 Å². The van der Waals surface area contributed by atoms with Gasteiger partial charge in [-0.2, -0.15) is 22.0 Å². The van der Waals surface area contributed by atoms with E-state index in [2.05, 4.69) is 0 Å². The molecule has 1 aliphatic carbocycles. The van der Waals surface area contributed by atoms with Crippen molar-refractivity contribution in [3.8, 4) is 0 Å². The van der Waals surface area contributed by atoms with E-state index in [9.17, 15) is 26.7 Å². The fourth-order valence-corrected chi connectivity index (χ4v) is 2.41. The summed E-state index contributed by atoms with van der Waals surface area (Å²) in [7, 11) is 0. The molecule has 0 aromatic rings. The number of nitrogens with one attached hydrogen (secondary N) is 1. The first-order valence-corrected chi connectivity index (χ1v) is 6.44. The Kier molecular flexibility index (Phi) is 5.15. The average molecular weight is 287 g/mol. The maximum Gasteiger partial charge on any atom is 0.463 e. The van der Waals surface area contributed by atoms with E-state index >= 15 is 0 Å². The van der Waals surface area contributed by atoms with Crippen LogP contribution in [-0.4, -0.2) is 24.0 Å². The Morgan fingerprint density at radius 2 is 1.63 bits per heavy atom. The number of rotatable bonds is 4. The van der Waals surface area contributed by atoms with Gasteiger partial charge in [0.2, 0.25) is 0 Å². The molecule has 0 heterocycles. The molecule has 0 spiro atoms. The summed E-state index contributed by atoms with van der Waals surface area (Å²) in [5, 5.41) is 1.82. The summed E-state index contributed by atoms with van der Waals surface area (Å²) in [6.07, 6.45) is -1.34. The van der Waals surface area contributed by atoms with Crippen molar-refractivity contribution in [1.29, 1.82) is 0 Å². The number of carbonyl (C=O) groups is 1. The first kappa shape index (κ1) is 16.2. The van der Waals surface area contributed by atoms with Crippen LogP contribution in [0, 0.1) is 5.92 Å². The standard InChI is InChI=1S/C12H18F5NO/c1-2-3-8-4-6-9(7-5-8)18-10(19)11(13,14)12(15,16)17/h8-9H,2-7H2,1H3,(H,18,19).